The number of hydrogen-bond acceptors (Lipinski definition) is 3. The fraction of sp³-hybridized carbons (Fsp3) is 0.250. The summed E-state index contributed by atoms with van der Waals surface area (Å²) in [6.07, 6.45) is 1.53. The van der Waals surface area contributed by atoms with E-state index in [4.69, 9.17) is 34.8 Å². The first-order valence-electron chi connectivity index (χ1n) is 5.98. The first kappa shape index (κ1) is 16.4. The minimum Gasteiger partial charge on any atom is -0.265 e. The van der Waals surface area contributed by atoms with Gasteiger partial charge in [-0.15, -0.1) is 0 Å². The molecule has 5 nitrogen and oxygen atoms in total. The second kappa shape index (κ2) is 6.44. The van der Waals surface area contributed by atoms with Gasteiger partial charge in [-0.25, -0.2) is 8.42 Å². The number of nitrogens with one attached hydrogen (secondary N) is 1. The third-order valence-electron chi connectivity index (χ3n) is 2.70. The van der Waals surface area contributed by atoms with Gasteiger partial charge in [0.1, 0.15) is 5.02 Å². The molecule has 1 aromatic heterocycles. The summed E-state index contributed by atoms with van der Waals surface area (Å²) in [4.78, 5) is 0. The molecule has 0 aliphatic rings. The van der Waals surface area contributed by atoms with Crippen molar-refractivity contribution in [1.29, 1.82) is 0 Å². The molecule has 1 aromatic carbocycles. The van der Waals surface area contributed by atoms with Crippen LogP contribution in [-0.4, -0.2) is 24.0 Å². The summed E-state index contributed by atoms with van der Waals surface area (Å²) >= 11 is 17.9. The standard InChI is InChI=1S/C12H12Cl3N3O2S/c1-2-21(19,20)17-12-11(15)7-18(16-12)6-8-3-4-9(13)5-10(8)14/h3-5,7H,2,6H2,1H3,(H,16,17). The van der Waals surface area contributed by atoms with Gasteiger partial charge in [-0.3, -0.25) is 9.40 Å². The molecule has 0 atom stereocenters. The summed E-state index contributed by atoms with van der Waals surface area (Å²) in [7, 11) is -3.42. The van der Waals surface area contributed by atoms with E-state index in [1.54, 1.807) is 18.2 Å². The molecule has 0 spiro atoms. The van der Waals surface area contributed by atoms with Crippen LogP contribution in [0.1, 0.15) is 12.5 Å². The van der Waals surface area contributed by atoms with Crippen LogP contribution >= 0.6 is 34.8 Å². The molecule has 0 amide bonds. The average Bonchev–Trinajstić information content (AvgIpc) is 2.73. The molecule has 114 valence electrons. The second-order valence-corrected chi connectivity index (χ2v) is 7.53. The van der Waals surface area contributed by atoms with Crippen molar-refractivity contribution in [1.82, 2.24) is 9.78 Å². The Kier molecular flexibility index (Phi) is 5.03. The normalized spacial score (nSPS) is 11.6. The largest absolute Gasteiger partial charge is 0.265 e. The molecule has 0 aliphatic carbocycles. The summed E-state index contributed by atoms with van der Waals surface area (Å²) in [5.74, 6) is 0.0442. The van der Waals surface area contributed by atoms with Gasteiger partial charge in [0, 0.05) is 16.2 Å². The molecule has 2 rings (SSSR count). The predicted molar refractivity (Wildman–Crippen MR) is 85.9 cm³/mol. The monoisotopic (exact) mass is 367 g/mol. The van der Waals surface area contributed by atoms with Crippen molar-refractivity contribution in [2.75, 3.05) is 10.5 Å². The zero-order valence-electron chi connectivity index (χ0n) is 11.0. The van der Waals surface area contributed by atoms with Crippen molar-refractivity contribution in [2.45, 2.75) is 13.5 Å². The highest BCUT2D eigenvalue weighted by Crippen LogP contribution is 2.24. The van der Waals surface area contributed by atoms with E-state index < -0.39 is 10.0 Å². The van der Waals surface area contributed by atoms with Crippen molar-refractivity contribution in [2.24, 2.45) is 0 Å². The van der Waals surface area contributed by atoms with Crippen LogP contribution in [0.25, 0.3) is 0 Å². The van der Waals surface area contributed by atoms with Crippen LogP contribution in [0, 0.1) is 0 Å². The lowest BCUT2D eigenvalue weighted by molar-refractivity contribution is 0.602. The van der Waals surface area contributed by atoms with Crippen molar-refractivity contribution in [3.8, 4) is 0 Å². The molecule has 0 aliphatic heterocycles. The van der Waals surface area contributed by atoms with Gasteiger partial charge in [-0.05, 0) is 24.6 Å². The Morgan fingerprint density at radius 3 is 2.57 bits per heavy atom. The van der Waals surface area contributed by atoms with Crippen LogP contribution in [0.2, 0.25) is 15.1 Å². The fourth-order valence-electron chi connectivity index (χ4n) is 1.59. The van der Waals surface area contributed by atoms with Gasteiger partial charge in [-0.2, -0.15) is 5.10 Å². The number of halogens is 3. The van der Waals surface area contributed by atoms with Crippen LogP contribution in [-0.2, 0) is 16.6 Å². The predicted octanol–water partition coefficient (Wildman–Crippen LogP) is 3.65. The summed E-state index contributed by atoms with van der Waals surface area (Å²) in [5, 5.41) is 5.37. The molecule has 0 saturated carbocycles. The van der Waals surface area contributed by atoms with Crippen molar-refractivity contribution in [3.63, 3.8) is 0 Å². The number of benzene rings is 1. The van der Waals surface area contributed by atoms with Gasteiger partial charge < -0.3 is 0 Å². The van der Waals surface area contributed by atoms with E-state index in [-0.39, 0.29) is 16.6 Å². The van der Waals surface area contributed by atoms with E-state index in [9.17, 15) is 8.42 Å². The lowest BCUT2D eigenvalue weighted by atomic mass is 10.2. The minimum absolute atomic E-state index is 0.0563. The van der Waals surface area contributed by atoms with Crippen LogP contribution < -0.4 is 4.72 Å². The molecule has 2 aromatic rings. The maximum atomic E-state index is 11.5. The second-order valence-electron chi connectivity index (χ2n) is 4.26. The average molecular weight is 369 g/mol. The Balaban J connectivity index is 2.23. The first-order chi connectivity index (χ1) is 9.80. The van der Waals surface area contributed by atoms with Gasteiger partial charge >= 0.3 is 0 Å². The quantitative estimate of drug-likeness (QED) is 0.876. The third kappa shape index (κ3) is 4.26. The van der Waals surface area contributed by atoms with Gasteiger partial charge in [-0.1, -0.05) is 40.9 Å². The number of nitrogens with zero attached hydrogens (tertiary/aromatic N) is 2. The van der Waals surface area contributed by atoms with E-state index in [2.05, 4.69) is 9.82 Å². The molecule has 1 N–H and O–H groups in total. The Hall–Kier alpha value is -0.950. The van der Waals surface area contributed by atoms with E-state index in [1.807, 2.05) is 0 Å². The lowest BCUT2D eigenvalue weighted by Crippen LogP contribution is -2.15. The van der Waals surface area contributed by atoms with E-state index in [1.165, 1.54) is 17.8 Å². The van der Waals surface area contributed by atoms with E-state index >= 15 is 0 Å². The van der Waals surface area contributed by atoms with Crippen LogP contribution in [0.4, 0.5) is 5.82 Å². The molecule has 0 saturated heterocycles. The van der Waals surface area contributed by atoms with E-state index in [0.717, 1.165) is 5.56 Å². The Labute approximate surface area is 137 Å². The maximum absolute atomic E-state index is 11.5. The first-order valence-corrected chi connectivity index (χ1v) is 8.76. The summed E-state index contributed by atoms with van der Waals surface area (Å²) in [6.45, 7) is 1.88. The highest BCUT2D eigenvalue weighted by molar-refractivity contribution is 7.92. The Morgan fingerprint density at radius 1 is 1.24 bits per heavy atom. The molecule has 0 fully saturated rings. The van der Waals surface area contributed by atoms with Gasteiger partial charge in [0.25, 0.3) is 0 Å². The summed E-state index contributed by atoms with van der Waals surface area (Å²) in [6, 6.07) is 5.12. The molecule has 0 bridgehead atoms. The number of rotatable bonds is 5. The molecule has 0 unspecified atom stereocenters. The minimum atomic E-state index is -3.42. The number of aromatic nitrogens is 2. The van der Waals surface area contributed by atoms with Gasteiger partial charge in [0.2, 0.25) is 10.0 Å². The topological polar surface area (TPSA) is 64.0 Å². The summed E-state index contributed by atoms with van der Waals surface area (Å²) < 4.78 is 26.9. The summed E-state index contributed by atoms with van der Waals surface area (Å²) in [5.41, 5.74) is 0.796. The Bertz CT molecular complexity index is 759. The molecule has 1 heterocycles. The Morgan fingerprint density at radius 2 is 1.95 bits per heavy atom. The smallest absolute Gasteiger partial charge is 0.233 e. The highest BCUT2D eigenvalue weighted by Gasteiger charge is 2.14. The zero-order chi connectivity index (χ0) is 15.6. The molecule has 0 radical (unpaired) electrons. The van der Waals surface area contributed by atoms with Crippen LogP contribution in [0.5, 0.6) is 0 Å². The SMILES string of the molecule is CCS(=O)(=O)Nc1nn(Cc2ccc(Cl)cc2Cl)cc1Cl. The van der Waals surface area contributed by atoms with Crippen LogP contribution in [0.3, 0.4) is 0 Å². The zero-order valence-corrected chi connectivity index (χ0v) is 14.1. The third-order valence-corrected chi connectivity index (χ3v) is 4.82. The molecule has 21 heavy (non-hydrogen) atoms. The molecular weight excluding hydrogens is 357 g/mol. The number of sulfonamides is 1. The van der Waals surface area contributed by atoms with Gasteiger partial charge in [0.05, 0.1) is 12.3 Å². The van der Waals surface area contributed by atoms with Gasteiger partial charge in [0.15, 0.2) is 5.82 Å². The highest BCUT2D eigenvalue weighted by atomic mass is 35.5. The van der Waals surface area contributed by atoms with E-state index in [0.29, 0.717) is 16.6 Å². The van der Waals surface area contributed by atoms with Crippen molar-refractivity contribution < 1.29 is 8.42 Å². The van der Waals surface area contributed by atoms with Crippen molar-refractivity contribution in [3.05, 3.63) is 45.0 Å². The number of anilines is 1. The lowest BCUT2D eigenvalue weighted by Gasteiger charge is -2.05. The fourth-order valence-corrected chi connectivity index (χ4v) is 2.90. The molecular formula is C12H12Cl3N3O2S. The number of hydrogen-bond donors (Lipinski definition) is 1. The van der Waals surface area contributed by atoms with Crippen LogP contribution in [0.15, 0.2) is 24.4 Å². The molecule has 9 heteroatoms. The van der Waals surface area contributed by atoms with Crippen molar-refractivity contribution >= 4 is 50.6 Å². The maximum Gasteiger partial charge on any atom is 0.233 e.